The monoisotopic (exact) mass is 259 g/mol. The number of hydrogen-bond donors (Lipinski definition) is 1. The van der Waals surface area contributed by atoms with Gasteiger partial charge in [0.2, 0.25) is 0 Å². The maximum Gasteiger partial charge on any atom is 0.0585 e. The van der Waals surface area contributed by atoms with Crippen molar-refractivity contribution in [1.29, 1.82) is 0 Å². The molecule has 0 amide bonds. The third kappa shape index (κ3) is 1.83. The highest BCUT2D eigenvalue weighted by Gasteiger charge is 2.21. The number of benzene rings is 3. The molecule has 0 saturated carbocycles. The van der Waals surface area contributed by atoms with E-state index in [-0.39, 0.29) is 0 Å². The first-order valence-electron chi connectivity index (χ1n) is 7.22. The summed E-state index contributed by atoms with van der Waals surface area (Å²) in [6, 6.07) is 24.4. The molecule has 1 atom stereocenters. The fourth-order valence-corrected chi connectivity index (χ4v) is 3.28. The van der Waals surface area contributed by atoms with Crippen molar-refractivity contribution >= 4 is 10.8 Å². The summed E-state index contributed by atoms with van der Waals surface area (Å²) in [4.78, 5) is 0. The predicted molar refractivity (Wildman–Crippen MR) is 83.9 cm³/mol. The van der Waals surface area contributed by atoms with Crippen LogP contribution in [-0.4, -0.2) is 6.54 Å². The molecule has 0 saturated heterocycles. The Morgan fingerprint density at radius 2 is 1.50 bits per heavy atom. The average molecular weight is 259 g/mol. The molecule has 0 radical (unpaired) electrons. The van der Waals surface area contributed by atoms with Crippen LogP contribution < -0.4 is 5.32 Å². The van der Waals surface area contributed by atoms with Gasteiger partial charge in [-0.05, 0) is 33.9 Å². The van der Waals surface area contributed by atoms with Gasteiger partial charge in [0.1, 0.15) is 0 Å². The Morgan fingerprint density at radius 3 is 2.50 bits per heavy atom. The van der Waals surface area contributed by atoms with Gasteiger partial charge in [-0.25, -0.2) is 0 Å². The smallest absolute Gasteiger partial charge is 0.0585 e. The highest BCUT2D eigenvalue weighted by Crippen LogP contribution is 2.32. The van der Waals surface area contributed by atoms with E-state index in [1.807, 2.05) is 0 Å². The second kappa shape index (κ2) is 4.77. The maximum atomic E-state index is 3.68. The van der Waals surface area contributed by atoms with Crippen molar-refractivity contribution in [3.05, 3.63) is 83.4 Å². The van der Waals surface area contributed by atoms with Crippen LogP contribution in [0, 0.1) is 0 Å². The van der Waals surface area contributed by atoms with Gasteiger partial charge in [0.05, 0.1) is 6.04 Å². The van der Waals surface area contributed by atoms with E-state index >= 15 is 0 Å². The minimum atomic E-state index is 0.311. The second-order valence-electron chi connectivity index (χ2n) is 5.40. The standard InChI is InChI=1S/C19H17N/c1-3-9-16-14(6-1)8-5-11-18(16)19-17-10-4-2-7-15(17)12-13-20-19/h1-11,19-20H,12-13H2. The quantitative estimate of drug-likeness (QED) is 0.694. The molecule has 98 valence electrons. The minimum Gasteiger partial charge on any atom is -0.306 e. The van der Waals surface area contributed by atoms with Crippen molar-refractivity contribution in [2.75, 3.05) is 6.54 Å². The molecule has 0 aliphatic carbocycles. The van der Waals surface area contributed by atoms with Gasteiger partial charge in [-0.3, -0.25) is 0 Å². The lowest BCUT2D eigenvalue weighted by Gasteiger charge is -2.28. The SMILES string of the molecule is c1ccc2c(c1)CCNC2c1cccc2ccccc12. The van der Waals surface area contributed by atoms with Crippen LogP contribution in [0.25, 0.3) is 10.8 Å². The zero-order valence-corrected chi connectivity index (χ0v) is 11.3. The van der Waals surface area contributed by atoms with Gasteiger partial charge in [-0.1, -0.05) is 66.7 Å². The largest absolute Gasteiger partial charge is 0.306 e. The molecule has 20 heavy (non-hydrogen) atoms. The van der Waals surface area contributed by atoms with E-state index in [0.717, 1.165) is 13.0 Å². The van der Waals surface area contributed by atoms with E-state index in [1.165, 1.54) is 27.5 Å². The lowest BCUT2D eigenvalue weighted by molar-refractivity contribution is 0.571. The summed E-state index contributed by atoms with van der Waals surface area (Å²) >= 11 is 0. The zero-order valence-electron chi connectivity index (χ0n) is 11.3. The number of nitrogens with one attached hydrogen (secondary N) is 1. The van der Waals surface area contributed by atoms with Gasteiger partial charge in [0, 0.05) is 6.54 Å². The number of rotatable bonds is 1. The van der Waals surface area contributed by atoms with E-state index in [1.54, 1.807) is 0 Å². The molecule has 1 nitrogen and oxygen atoms in total. The van der Waals surface area contributed by atoms with Crippen LogP contribution in [-0.2, 0) is 6.42 Å². The van der Waals surface area contributed by atoms with Crippen LogP contribution in [0.4, 0.5) is 0 Å². The number of fused-ring (bicyclic) bond motifs is 2. The van der Waals surface area contributed by atoms with E-state index in [9.17, 15) is 0 Å². The first-order chi connectivity index (χ1) is 9.93. The molecule has 1 heterocycles. The van der Waals surface area contributed by atoms with Crippen molar-refractivity contribution in [2.45, 2.75) is 12.5 Å². The molecule has 1 aliphatic rings. The summed E-state index contributed by atoms with van der Waals surface area (Å²) in [5.41, 5.74) is 4.29. The molecule has 3 aromatic rings. The predicted octanol–water partition coefficient (Wildman–Crippen LogP) is 4.07. The van der Waals surface area contributed by atoms with Crippen molar-refractivity contribution < 1.29 is 0 Å². The van der Waals surface area contributed by atoms with Gasteiger partial charge in [0.25, 0.3) is 0 Å². The van der Waals surface area contributed by atoms with Crippen LogP contribution in [0.5, 0.6) is 0 Å². The highest BCUT2D eigenvalue weighted by molar-refractivity contribution is 5.86. The molecule has 1 heteroatoms. The van der Waals surface area contributed by atoms with Crippen molar-refractivity contribution in [2.24, 2.45) is 0 Å². The first kappa shape index (κ1) is 11.7. The van der Waals surface area contributed by atoms with E-state index in [0.29, 0.717) is 6.04 Å². The van der Waals surface area contributed by atoms with Gasteiger partial charge < -0.3 is 5.32 Å². The Bertz CT molecular complexity index is 755. The molecular formula is C19H17N. The summed E-state index contributed by atoms with van der Waals surface area (Å²) in [6.07, 6.45) is 1.12. The summed E-state index contributed by atoms with van der Waals surface area (Å²) in [5, 5.41) is 6.35. The Morgan fingerprint density at radius 1 is 0.750 bits per heavy atom. The molecule has 0 aromatic heterocycles. The molecule has 0 fully saturated rings. The molecule has 0 bridgehead atoms. The summed E-state index contributed by atoms with van der Waals surface area (Å²) in [5.74, 6) is 0. The second-order valence-corrected chi connectivity index (χ2v) is 5.40. The van der Waals surface area contributed by atoms with Crippen LogP contribution in [0.1, 0.15) is 22.7 Å². The molecule has 0 spiro atoms. The summed E-state index contributed by atoms with van der Waals surface area (Å²) in [7, 11) is 0. The molecule has 1 aliphatic heterocycles. The zero-order chi connectivity index (χ0) is 13.4. The maximum absolute atomic E-state index is 3.68. The van der Waals surface area contributed by atoms with Crippen molar-refractivity contribution in [1.82, 2.24) is 5.32 Å². The van der Waals surface area contributed by atoms with Crippen LogP contribution >= 0.6 is 0 Å². The normalized spacial score (nSPS) is 17.9. The van der Waals surface area contributed by atoms with Crippen molar-refractivity contribution in [3.63, 3.8) is 0 Å². The van der Waals surface area contributed by atoms with Gasteiger partial charge in [-0.2, -0.15) is 0 Å². The molecule has 1 N–H and O–H groups in total. The van der Waals surface area contributed by atoms with E-state index < -0.39 is 0 Å². The average Bonchev–Trinajstić information content (AvgIpc) is 2.54. The molecular weight excluding hydrogens is 242 g/mol. The Balaban J connectivity index is 1.93. The fourth-order valence-electron chi connectivity index (χ4n) is 3.28. The first-order valence-corrected chi connectivity index (χ1v) is 7.22. The third-order valence-electron chi connectivity index (χ3n) is 4.24. The fraction of sp³-hybridized carbons (Fsp3) is 0.158. The van der Waals surface area contributed by atoms with Gasteiger partial charge >= 0.3 is 0 Å². The third-order valence-corrected chi connectivity index (χ3v) is 4.24. The minimum absolute atomic E-state index is 0.311. The van der Waals surface area contributed by atoms with E-state index in [2.05, 4.69) is 72.0 Å². The highest BCUT2D eigenvalue weighted by atomic mass is 14.9. The van der Waals surface area contributed by atoms with E-state index in [4.69, 9.17) is 0 Å². The van der Waals surface area contributed by atoms with Crippen LogP contribution in [0.2, 0.25) is 0 Å². The Hall–Kier alpha value is -2.12. The van der Waals surface area contributed by atoms with Crippen LogP contribution in [0.15, 0.2) is 66.7 Å². The summed E-state index contributed by atoms with van der Waals surface area (Å²) in [6.45, 7) is 1.05. The Labute approximate surface area is 119 Å². The van der Waals surface area contributed by atoms with Crippen LogP contribution in [0.3, 0.4) is 0 Å². The lowest BCUT2D eigenvalue weighted by Crippen LogP contribution is -2.30. The molecule has 1 unspecified atom stereocenters. The topological polar surface area (TPSA) is 12.0 Å². The number of hydrogen-bond acceptors (Lipinski definition) is 1. The van der Waals surface area contributed by atoms with Gasteiger partial charge in [-0.15, -0.1) is 0 Å². The Kier molecular flexibility index (Phi) is 2.79. The summed E-state index contributed by atoms with van der Waals surface area (Å²) < 4.78 is 0. The lowest BCUT2D eigenvalue weighted by atomic mass is 9.87. The molecule has 3 aromatic carbocycles. The molecule has 4 rings (SSSR count). The van der Waals surface area contributed by atoms with Crippen molar-refractivity contribution in [3.8, 4) is 0 Å². The van der Waals surface area contributed by atoms with Gasteiger partial charge in [0.15, 0.2) is 0 Å².